The molecule has 3 rings (SSSR count). The lowest BCUT2D eigenvalue weighted by Crippen LogP contribution is -2.23. The maximum Gasteiger partial charge on any atom is 0.244 e. The molecule has 1 aromatic carbocycles. The molecule has 2 aromatic rings. The van der Waals surface area contributed by atoms with Crippen LogP contribution in [0.2, 0.25) is 10.0 Å². The normalized spacial score (nSPS) is 17.2. The molecule has 0 radical (unpaired) electrons. The van der Waals surface area contributed by atoms with E-state index in [-0.39, 0.29) is 11.3 Å². The third kappa shape index (κ3) is 2.62. The van der Waals surface area contributed by atoms with Gasteiger partial charge in [0.05, 0.1) is 21.5 Å². The van der Waals surface area contributed by atoms with E-state index in [1.807, 2.05) is 6.07 Å². The summed E-state index contributed by atoms with van der Waals surface area (Å²) in [7, 11) is 0. The smallest absolute Gasteiger partial charge is 0.244 e. The average Bonchev–Trinajstić information content (AvgIpc) is 2.92. The van der Waals surface area contributed by atoms with Gasteiger partial charge in [0.25, 0.3) is 0 Å². The molecule has 1 aliphatic rings. The van der Waals surface area contributed by atoms with Crippen LogP contribution in [0.15, 0.2) is 29.7 Å². The van der Waals surface area contributed by atoms with E-state index in [0.717, 1.165) is 16.8 Å². The summed E-state index contributed by atoms with van der Waals surface area (Å²) in [6.45, 7) is 6.17. The number of hydrogen-bond acceptors (Lipinski definition) is 4. The molecule has 0 amide bonds. The van der Waals surface area contributed by atoms with Gasteiger partial charge >= 0.3 is 0 Å². The van der Waals surface area contributed by atoms with Crippen molar-refractivity contribution in [2.75, 3.05) is 0 Å². The largest absolute Gasteiger partial charge is 0.420 e. The molecular weight excluding hydrogens is 347 g/mol. The Kier molecular flexibility index (Phi) is 3.98. The number of nitrogens with two attached hydrogens (primary N) is 1. The number of halogens is 2. The molecule has 1 atom stereocenters. The lowest BCUT2D eigenvalue weighted by Gasteiger charge is -2.27. The maximum absolute atomic E-state index is 9.62. The predicted octanol–water partition coefficient (Wildman–Crippen LogP) is 4.23. The van der Waals surface area contributed by atoms with Gasteiger partial charge in [0.2, 0.25) is 11.8 Å². The average molecular weight is 363 g/mol. The Hall–Kier alpha value is -2.16. The number of nitrogens with zero attached hydrogens (tertiary/aromatic N) is 2. The molecule has 3 N–H and O–H groups in total. The van der Waals surface area contributed by atoms with Crippen LogP contribution in [0.3, 0.4) is 0 Å². The van der Waals surface area contributed by atoms with E-state index in [1.165, 1.54) is 0 Å². The Morgan fingerprint density at radius 3 is 2.58 bits per heavy atom. The first-order valence-electron chi connectivity index (χ1n) is 7.35. The zero-order chi connectivity index (χ0) is 17.6. The number of benzene rings is 1. The van der Waals surface area contributed by atoms with E-state index in [2.05, 4.69) is 37.0 Å². The summed E-state index contributed by atoms with van der Waals surface area (Å²) in [5, 5.41) is 17.7. The highest BCUT2D eigenvalue weighted by Crippen LogP contribution is 2.46. The molecule has 0 saturated heterocycles. The van der Waals surface area contributed by atoms with E-state index in [9.17, 15) is 5.26 Å². The van der Waals surface area contributed by atoms with Crippen LogP contribution in [0.5, 0.6) is 5.88 Å². The lowest BCUT2D eigenvalue weighted by molar-refractivity contribution is 0.378. The van der Waals surface area contributed by atoms with Crippen molar-refractivity contribution in [2.45, 2.75) is 32.1 Å². The lowest BCUT2D eigenvalue weighted by atomic mass is 9.79. The van der Waals surface area contributed by atoms with Crippen LogP contribution in [0, 0.1) is 11.3 Å². The zero-order valence-corrected chi connectivity index (χ0v) is 15.0. The van der Waals surface area contributed by atoms with E-state index in [0.29, 0.717) is 21.5 Å². The van der Waals surface area contributed by atoms with Crippen molar-refractivity contribution in [3.05, 3.63) is 56.5 Å². The minimum atomic E-state index is -0.415. The number of nitriles is 1. The molecule has 7 heteroatoms. The fraction of sp³-hybridized carbons (Fsp3) is 0.294. The highest BCUT2D eigenvalue weighted by atomic mass is 35.5. The van der Waals surface area contributed by atoms with Gasteiger partial charge in [-0.1, -0.05) is 50.0 Å². The van der Waals surface area contributed by atoms with Gasteiger partial charge in [-0.05, 0) is 17.7 Å². The molecule has 1 unspecified atom stereocenters. The Morgan fingerprint density at radius 2 is 2.00 bits per heavy atom. The van der Waals surface area contributed by atoms with E-state index >= 15 is 0 Å². The van der Waals surface area contributed by atoms with Crippen molar-refractivity contribution in [1.82, 2.24) is 10.2 Å². The molecule has 0 bridgehead atoms. The van der Waals surface area contributed by atoms with Crippen molar-refractivity contribution >= 4 is 23.2 Å². The van der Waals surface area contributed by atoms with Crippen LogP contribution >= 0.6 is 23.2 Å². The Labute approximate surface area is 150 Å². The van der Waals surface area contributed by atoms with E-state index < -0.39 is 5.92 Å². The molecule has 24 heavy (non-hydrogen) atoms. The minimum absolute atomic E-state index is 0.0491. The number of allylic oxidation sites excluding steroid dienone is 1. The fourth-order valence-corrected chi connectivity index (χ4v) is 3.15. The number of hydrogen-bond donors (Lipinski definition) is 2. The van der Waals surface area contributed by atoms with Gasteiger partial charge in [0.1, 0.15) is 11.6 Å². The monoisotopic (exact) mass is 362 g/mol. The highest BCUT2D eigenvalue weighted by molar-refractivity contribution is 6.42. The van der Waals surface area contributed by atoms with Crippen molar-refractivity contribution < 1.29 is 4.74 Å². The van der Waals surface area contributed by atoms with Gasteiger partial charge in [0.15, 0.2) is 0 Å². The molecule has 5 nitrogen and oxygen atoms in total. The number of H-pyrrole nitrogens is 1. The number of rotatable bonds is 1. The molecule has 0 fully saturated rings. The number of nitrogens with one attached hydrogen (secondary N) is 1. The SMILES string of the molecule is CC(C)(C)c1[nH]nc2c1C(c1ccc(Cl)c(Cl)c1)C(C#N)=C(N)O2. The van der Waals surface area contributed by atoms with Gasteiger partial charge in [0, 0.05) is 11.1 Å². The van der Waals surface area contributed by atoms with Crippen LogP contribution in [-0.2, 0) is 5.41 Å². The standard InChI is InChI=1S/C17H16Cl2N4O/c1-17(2,3)14-13-12(8-4-5-10(18)11(19)6-8)9(7-20)15(21)24-16(13)23-22-14/h4-6,12H,21H2,1-3H3,(H,22,23). The van der Waals surface area contributed by atoms with Gasteiger partial charge in [-0.15, -0.1) is 5.10 Å². The van der Waals surface area contributed by atoms with Crippen LogP contribution in [0.1, 0.15) is 43.5 Å². The van der Waals surface area contributed by atoms with Crippen LogP contribution < -0.4 is 10.5 Å². The van der Waals surface area contributed by atoms with Crippen molar-refractivity contribution in [2.24, 2.45) is 5.73 Å². The first-order chi connectivity index (χ1) is 11.2. The fourth-order valence-electron chi connectivity index (χ4n) is 2.84. The first-order valence-corrected chi connectivity index (χ1v) is 8.11. The highest BCUT2D eigenvalue weighted by Gasteiger charge is 2.38. The zero-order valence-electron chi connectivity index (χ0n) is 13.4. The molecule has 1 aromatic heterocycles. The van der Waals surface area contributed by atoms with E-state index in [1.54, 1.807) is 12.1 Å². The van der Waals surface area contributed by atoms with Crippen molar-refractivity contribution in [3.63, 3.8) is 0 Å². The number of fused-ring (bicyclic) bond motifs is 1. The maximum atomic E-state index is 9.62. The van der Waals surface area contributed by atoms with Crippen LogP contribution in [0.4, 0.5) is 0 Å². The molecule has 0 spiro atoms. The summed E-state index contributed by atoms with van der Waals surface area (Å²) in [6.07, 6.45) is 0. The first kappa shape index (κ1) is 16.7. The molecule has 0 saturated carbocycles. The van der Waals surface area contributed by atoms with Crippen LogP contribution in [0.25, 0.3) is 0 Å². The molecule has 124 valence electrons. The summed E-state index contributed by atoms with van der Waals surface area (Å²) < 4.78 is 5.55. The van der Waals surface area contributed by atoms with Crippen molar-refractivity contribution in [1.29, 1.82) is 5.26 Å². The molecular formula is C17H16Cl2N4O. The summed E-state index contributed by atoms with van der Waals surface area (Å²) in [5.74, 6) is 0.0158. The second-order valence-electron chi connectivity index (χ2n) is 6.67. The van der Waals surface area contributed by atoms with E-state index in [4.69, 9.17) is 33.7 Å². The summed E-state index contributed by atoms with van der Waals surface area (Å²) in [5.41, 5.74) is 8.54. The van der Waals surface area contributed by atoms with Gasteiger partial charge in [-0.25, -0.2) is 0 Å². The number of aromatic amines is 1. The van der Waals surface area contributed by atoms with Crippen LogP contribution in [-0.4, -0.2) is 10.2 Å². The van der Waals surface area contributed by atoms with Gasteiger partial charge in [-0.2, -0.15) is 5.26 Å². The number of aromatic nitrogens is 2. The molecule has 1 aliphatic heterocycles. The molecule has 0 aliphatic carbocycles. The Morgan fingerprint density at radius 1 is 1.29 bits per heavy atom. The van der Waals surface area contributed by atoms with Gasteiger partial charge in [-0.3, -0.25) is 5.10 Å². The molecule has 2 heterocycles. The van der Waals surface area contributed by atoms with Gasteiger partial charge < -0.3 is 10.5 Å². The Balaban J connectivity index is 2.28. The second kappa shape index (κ2) is 5.73. The minimum Gasteiger partial charge on any atom is -0.420 e. The quantitative estimate of drug-likeness (QED) is 0.794. The second-order valence-corrected chi connectivity index (χ2v) is 7.48. The summed E-state index contributed by atoms with van der Waals surface area (Å²) >= 11 is 12.2. The summed E-state index contributed by atoms with van der Waals surface area (Å²) in [6, 6.07) is 7.44. The summed E-state index contributed by atoms with van der Waals surface area (Å²) in [4.78, 5) is 0. The topological polar surface area (TPSA) is 87.7 Å². The van der Waals surface area contributed by atoms with Crippen molar-refractivity contribution in [3.8, 4) is 11.9 Å². The third-order valence-electron chi connectivity index (χ3n) is 3.97. The predicted molar refractivity (Wildman–Crippen MR) is 93.0 cm³/mol. The Bertz CT molecular complexity index is 887. The third-order valence-corrected chi connectivity index (χ3v) is 4.70. The number of ether oxygens (including phenoxy) is 1.